The van der Waals surface area contributed by atoms with E-state index in [9.17, 15) is 4.57 Å². The molecule has 0 spiro atoms. The number of benzene rings is 1. The third-order valence-electron chi connectivity index (χ3n) is 3.04. The number of rotatable bonds is 2. The van der Waals surface area contributed by atoms with Crippen molar-refractivity contribution in [3.63, 3.8) is 0 Å². The van der Waals surface area contributed by atoms with Crippen molar-refractivity contribution < 1.29 is 4.57 Å². The molecule has 0 amide bonds. The third kappa shape index (κ3) is 3.04. The van der Waals surface area contributed by atoms with Crippen molar-refractivity contribution in [3.05, 3.63) is 70.4 Å². The summed E-state index contributed by atoms with van der Waals surface area (Å²) in [6, 6.07) is 15.6. The molecule has 3 rings (SSSR count). The van der Waals surface area contributed by atoms with Gasteiger partial charge >= 0.3 is 0 Å². The second-order valence-electron chi connectivity index (χ2n) is 4.61. The van der Waals surface area contributed by atoms with Crippen LogP contribution in [0.25, 0.3) is 0 Å². The summed E-state index contributed by atoms with van der Waals surface area (Å²) >= 11 is 3.01. The lowest BCUT2D eigenvalue weighted by molar-refractivity contribution is 0.593. The summed E-state index contributed by atoms with van der Waals surface area (Å²) in [5, 5.41) is 3.90. The fourth-order valence-corrected chi connectivity index (χ4v) is 6.71. The predicted molar refractivity (Wildman–Crippen MR) is 93.6 cm³/mol. The van der Waals surface area contributed by atoms with Crippen LogP contribution in [0.2, 0.25) is 0 Å². The Kier molecular flexibility index (Phi) is 4.12. The number of thiophene rings is 2. The lowest BCUT2D eigenvalue weighted by atomic mass is 10.2. The molecule has 1 nitrogen and oxygen atoms in total. The van der Waals surface area contributed by atoms with E-state index in [0.717, 1.165) is 14.8 Å². The highest BCUT2D eigenvalue weighted by molar-refractivity contribution is 7.90. The topological polar surface area (TPSA) is 17.1 Å². The van der Waals surface area contributed by atoms with E-state index in [2.05, 4.69) is 11.6 Å². The van der Waals surface area contributed by atoms with Gasteiger partial charge in [-0.25, -0.2) is 0 Å². The van der Waals surface area contributed by atoms with Gasteiger partial charge in [0.15, 0.2) is 0 Å². The molecule has 0 aliphatic rings. The van der Waals surface area contributed by atoms with E-state index in [1.807, 2.05) is 66.2 Å². The summed E-state index contributed by atoms with van der Waals surface area (Å²) in [5.41, 5.74) is 5.15. The molecule has 0 aliphatic heterocycles. The molecule has 0 atom stereocenters. The van der Waals surface area contributed by atoms with Crippen LogP contribution in [-0.4, -0.2) is 0 Å². The SMILES string of the molecule is Cc1ccc(C#CP(=O)(c2cccs2)c2cccs2)cc1. The van der Waals surface area contributed by atoms with Crippen molar-refractivity contribution in [2.75, 3.05) is 0 Å². The van der Waals surface area contributed by atoms with Gasteiger partial charge in [-0.3, -0.25) is 4.57 Å². The van der Waals surface area contributed by atoms with Gasteiger partial charge in [0.05, 0.1) is 9.24 Å². The average Bonchev–Trinajstić information content (AvgIpc) is 3.19. The van der Waals surface area contributed by atoms with Crippen molar-refractivity contribution in [2.45, 2.75) is 6.92 Å². The molecule has 104 valence electrons. The van der Waals surface area contributed by atoms with Crippen LogP contribution in [0.3, 0.4) is 0 Å². The van der Waals surface area contributed by atoms with Crippen LogP contribution in [-0.2, 0) is 4.57 Å². The Balaban J connectivity index is 2.06. The van der Waals surface area contributed by atoms with Gasteiger partial charge in [0, 0.05) is 5.56 Å². The molecular formula is C17H13OPS2. The molecule has 3 aromatic rings. The summed E-state index contributed by atoms with van der Waals surface area (Å²) in [6.07, 6.45) is 0. The highest BCUT2D eigenvalue weighted by Gasteiger charge is 2.27. The molecule has 2 aromatic heterocycles. The summed E-state index contributed by atoms with van der Waals surface area (Å²) in [7, 11) is -2.83. The van der Waals surface area contributed by atoms with E-state index in [1.165, 1.54) is 28.2 Å². The van der Waals surface area contributed by atoms with Crippen molar-refractivity contribution in [2.24, 2.45) is 0 Å². The van der Waals surface area contributed by atoms with E-state index in [4.69, 9.17) is 0 Å². The maximum Gasteiger partial charge on any atom is 0.230 e. The van der Waals surface area contributed by atoms with E-state index in [-0.39, 0.29) is 0 Å². The second-order valence-corrected chi connectivity index (χ2v) is 9.52. The number of hydrogen-bond acceptors (Lipinski definition) is 3. The fourth-order valence-electron chi connectivity index (χ4n) is 1.90. The normalized spacial score (nSPS) is 10.9. The van der Waals surface area contributed by atoms with Crippen molar-refractivity contribution in [3.8, 4) is 11.6 Å². The molecule has 0 radical (unpaired) electrons. The van der Waals surface area contributed by atoms with Crippen LogP contribution in [0.4, 0.5) is 0 Å². The van der Waals surface area contributed by atoms with Crippen molar-refractivity contribution >= 4 is 39.1 Å². The highest BCUT2D eigenvalue weighted by Crippen LogP contribution is 2.45. The maximum absolute atomic E-state index is 13.4. The van der Waals surface area contributed by atoms with Crippen LogP contribution in [0.15, 0.2) is 59.3 Å². The van der Waals surface area contributed by atoms with Gasteiger partial charge in [-0.15, -0.1) is 22.7 Å². The van der Waals surface area contributed by atoms with Gasteiger partial charge in [0.2, 0.25) is 7.14 Å². The molecule has 0 unspecified atom stereocenters. The molecule has 0 bridgehead atoms. The Bertz CT molecular complexity index is 781. The summed E-state index contributed by atoms with van der Waals surface area (Å²) in [4.78, 5) is 0. The highest BCUT2D eigenvalue weighted by atomic mass is 32.1. The van der Waals surface area contributed by atoms with Gasteiger partial charge < -0.3 is 0 Å². The smallest absolute Gasteiger partial charge is 0.230 e. The van der Waals surface area contributed by atoms with Crippen LogP contribution in [0, 0.1) is 18.5 Å². The van der Waals surface area contributed by atoms with E-state index in [1.54, 1.807) is 0 Å². The summed E-state index contributed by atoms with van der Waals surface area (Å²) < 4.78 is 15.1. The predicted octanol–water partition coefficient (Wildman–Crippen LogP) is 4.44. The zero-order valence-corrected chi connectivity index (χ0v) is 14.0. The Hall–Kier alpha value is -1.59. The van der Waals surface area contributed by atoms with Gasteiger partial charge in [-0.05, 0) is 47.6 Å². The molecule has 4 heteroatoms. The summed E-state index contributed by atoms with van der Waals surface area (Å²) in [6.45, 7) is 2.04. The maximum atomic E-state index is 13.4. The van der Waals surface area contributed by atoms with E-state index in [0.29, 0.717) is 0 Å². The molecule has 0 saturated carbocycles. The average molecular weight is 328 g/mol. The first-order valence-corrected chi connectivity index (χ1v) is 9.93. The Morgan fingerprint density at radius 3 is 1.95 bits per heavy atom. The Morgan fingerprint density at radius 2 is 1.48 bits per heavy atom. The summed E-state index contributed by atoms with van der Waals surface area (Å²) in [5.74, 6) is 3.09. The first-order chi connectivity index (χ1) is 10.2. The molecule has 0 fully saturated rings. The van der Waals surface area contributed by atoms with Crippen LogP contribution in [0.1, 0.15) is 11.1 Å². The Labute approximate surface area is 132 Å². The van der Waals surface area contributed by atoms with Gasteiger partial charge in [0.1, 0.15) is 0 Å². The number of aryl methyl sites for hydroxylation is 1. The Morgan fingerprint density at radius 1 is 0.905 bits per heavy atom. The molecule has 2 heterocycles. The first kappa shape index (κ1) is 14.4. The second kappa shape index (κ2) is 6.03. The monoisotopic (exact) mass is 328 g/mol. The van der Waals surface area contributed by atoms with E-state index < -0.39 is 7.14 Å². The zero-order chi connectivity index (χ0) is 14.7. The molecule has 0 saturated heterocycles. The van der Waals surface area contributed by atoms with Crippen LogP contribution < -0.4 is 9.24 Å². The van der Waals surface area contributed by atoms with Gasteiger partial charge in [-0.2, -0.15) is 0 Å². The molecule has 0 aliphatic carbocycles. The molecule has 1 aromatic carbocycles. The zero-order valence-electron chi connectivity index (χ0n) is 11.4. The lowest BCUT2D eigenvalue weighted by Crippen LogP contribution is -2.08. The van der Waals surface area contributed by atoms with Gasteiger partial charge in [0.25, 0.3) is 0 Å². The largest absolute Gasteiger partial charge is 0.298 e. The third-order valence-corrected chi connectivity index (χ3v) is 8.53. The molecule has 21 heavy (non-hydrogen) atoms. The van der Waals surface area contributed by atoms with Crippen molar-refractivity contribution in [1.29, 1.82) is 0 Å². The minimum Gasteiger partial charge on any atom is -0.298 e. The first-order valence-electron chi connectivity index (χ1n) is 6.47. The molecule has 0 N–H and O–H groups in total. The van der Waals surface area contributed by atoms with Gasteiger partial charge in [-0.1, -0.05) is 35.7 Å². The minimum absolute atomic E-state index is 0.851. The van der Waals surface area contributed by atoms with E-state index >= 15 is 0 Å². The minimum atomic E-state index is -2.83. The lowest BCUT2D eigenvalue weighted by Gasteiger charge is -2.07. The quantitative estimate of drug-likeness (QED) is 0.502. The van der Waals surface area contributed by atoms with Crippen LogP contribution >= 0.6 is 29.8 Å². The molecular weight excluding hydrogens is 315 g/mol. The fraction of sp³-hybridized carbons (Fsp3) is 0.0588. The van der Waals surface area contributed by atoms with Crippen LogP contribution in [0.5, 0.6) is 0 Å². The number of hydrogen-bond donors (Lipinski definition) is 0. The standard InChI is InChI=1S/C17H13OPS2/c1-14-6-8-15(9-7-14)10-11-19(18,16-4-2-12-20-16)17-5-3-13-21-17/h2-9,12-13H,1H3. The van der Waals surface area contributed by atoms with Crippen molar-refractivity contribution in [1.82, 2.24) is 0 Å².